The predicted molar refractivity (Wildman–Crippen MR) is 137 cm³/mol. The van der Waals surface area contributed by atoms with E-state index in [0.717, 1.165) is 53.5 Å². The van der Waals surface area contributed by atoms with Gasteiger partial charge in [0.25, 0.3) is 0 Å². The minimum atomic E-state index is -0.824. The molecule has 2 aliphatic rings. The predicted octanol–water partition coefficient (Wildman–Crippen LogP) is 6.39. The highest BCUT2D eigenvalue weighted by Gasteiger charge is 2.31. The number of carboxylic acids is 1. The van der Waals surface area contributed by atoms with Crippen LogP contribution in [-0.4, -0.2) is 39.0 Å². The summed E-state index contributed by atoms with van der Waals surface area (Å²) in [6, 6.07) is 12.3. The van der Waals surface area contributed by atoms with Crippen LogP contribution in [0.15, 0.2) is 60.7 Å². The second-order valence-electron chi connectivity index (χ2n) is 9.69. The average Bonchev–Trinajstić information content (AvgIpc) is 3.32. The lowest BCUT2D eigenvalue weighted by atomic mass is 9.75. The molecule has 1 aliphatic carbocycles. The molecular formula is C28H31N3O2S. The Labute approximate surface area is 205 Å². The molecule has 0 saturated heterocycles. The Morgan fingerprint density at radius 1 is 1.12 bits per heavy atom. The van der Waals surface area contributed by atoms with Gasteiger partial charge in [-0.25, -0.2) is 14.8 Å². The quantitative estimate of drug-likeness (QED) is 0.449. The summed E-state index contributed by atoms with van der Waals surface area (Å²) in [7, 11) is 0. The first kappa shape index (κ1) is 22.9. The number of hydrogen-bond donors (Lipinski definition) is 1. The number of nitrogens with zero attached hydrogens (tertiary/aromatic N) is 3. The summed E-state index contributed by atoms with van der Waals surface area (Å²) in [5.41, 5.74) is 5.87. The number of aromatic carboxylic acids is 1. The van der Waals surface area contributed by atoms with Crippen molar-refractivity contribution in [1.29, 1.82) is 0 Å². The van der Waals surface area contributed by atoms with Crippen molar-refractivity contribution in [3.05, 3.63) is 76.7 Å². The van der Waals surface area contributed by atoms with Crippen LogP contribution in [0.25, 0.3) is 16.0 Å². The average molecular weight is 474 g/mol. The lowest BCUT2D eigenvalue weighted by Gasteiger charge is -2.37. The molecule has 1 N–H and O–H groups in total. The van der Waals surface area contributed by atoms with Crippen molar-refractivity contribution >= 4 is 22.9 Å². The summed E-state index contributed by atoms with van der Waals surface area (Å²) in [4.78, 5) is 24.6. The summed E-state index contributed by atoms with van der Waals surface area (Å²) in [5, 5.41) is 10.1. The van der Waals surface area contributed by atoms with Gasteiger partial charge >= 0.3 is 5.97 Å². The second kappa shape index (κ2) is 10.2. The van der Waals surface area contributed by atoms with Crippen LogP contribution in [0.1, 0.15) is 59.8 Å². The molecule has 34 heavy (non-hydrogen) atoms. The molecule has 0 spiro atoms. The maximum absolute atomic E-state index is 12.3. The van der Waals surface area contributed by atoms with Gasteiger partial charge in [-0.3, -0.25) is 4.90 Å². The van der Waals surface area contributed by atoms with Crippen LogP contribution in [0, 0.1) is 11.8 Å². The van der Waals surface area contributed by atoms with Crippen molar-refractivity contribution in [2.24, 2.45) is 11.8 Å². The Bertz CT molecular complexity index is 1160. The molecule has 1 saturated carbocycles. The van der Waals surface area contributed by atoms with Crippen LogP contribution >= 0.6 is 11.3 Å². The summed E-state index contributed by atoms with van der Waals surface area (Å²) in [6.45, 7) is 4.97. The van der Waals surface area contributed by atoms with Crippen LogP contribution < -0.4 is 0 Å². The van der Waals surface area contributed by atoms with Gasteiger partial charge in [-0.1, -0.05) is 50.1 Å². The Kier molecular flexibility index (Phi) is 6.88. The van der Waals surface area contributed by atoms with Gasteiger partial charge in [0, 0.05) is 48.0 Å². The van der Waals surface area contributed by atoms with Gasteiger partial charge in [0.05, 0.1) is 0 Å². The number of hydrogen-bond acceptors (Lipinski definition) is 5. The molecule has 0 unspecified atom stereocenters. The first-order valence-corrected chi connectivity index (χ1v) is 13.0. The molecule has 1 fully saturated rings. The highest BCUT2D eigenvalue weighted by molar-refractivity contribution is 7.17. The molecule has 6 heteroatoms. The third-order valence-corrected chi connectivity index (χ3v) is 8.47. The first-order valence-electron chi connectivity index (χ1n) is 12.2. The molecule has 3 aromatic rings. The van der Waals surface area contributed by atoms with E-state index < -0.39 is 5.97 Å². The van der Waals surface area contributed by atoms with Crippen molar-refractivity contribution in [3.8, 4) is 10.4 Å². The number of thiophene rings is 1. The van der Waals surface area contributed by atoms with E-state index in [1.807, 2.05) is 30.6 Å². The number of rotatable bonds is 6. The third kappa shape index (κ3) is 4.98. The molecular weight excluding hydrogens is 442 g/mol. The van der Waals surface area contributed by atoms with Crippen molar-refractivity contribution in [1.82, 2.24) is 14.9 Å². The van der Waals surface area contributed by atoms with Gasteiger partial charge < -0.3 is 5.11 Å². The highest BCUT2D eigenvalue weighted by Crippen LogP contribution is 2.43. The zero-order valence-corrected chi connectivity index (χ0v) is 20.4. The van der Waals surface area contributed by atoms with Crippen molar-refractivity contribution < 1.29 is 9.90 Å². The fraction of sp³-hybridized carbons (Fsp3) is 0.393. The van der Waals surface area contributed by atoms with Crippen molar-refractivity contribution in [2.45, 2.75) is 45.6 Å². The molecule has 0 atom stereocenters. The van der Waals surface area contributed by atoms with E-state index in [-0.39, 0.29) is 0 Å². The highest BCUT2D eigenvalue weighted by atomic mass is 32.1. The van der Waals surface area contributed by atoms with E-state index in [1.54, 1.807) is 6.33 Å². The minimum Gasteiger partial charge on any atom is -0.477 e. The molecule has 0 bridgehead atoms. The Morgan fingerprint density at radius 2 is 1.85 bits per heavy atom. The van der Waals surface area contributed by atoms with Crippen molar-refractivity contribution in [2.75, 3.05) is 13.1 Å². The van der Waals surface area contributed by atoms with E-state index in [9.17, 15) is 9.90 Å². The molecule has 5 rings (SSSR count). The fourth-order valence-corrected chi connectivity index (χ4v) is 6.49. The Morgan fingerprint density at radius 3 is 2.56 bits per heavy atom. The summed E-state index contributed by atoms with van der Waals surface area (Å²) < 4.78 is 0. The second-order valence-corrected chi connectivity index (χ2v) is 10.7. The molecule has 0 amide bonds. The molecule has 1 aliphatic heterocycles. The normalized spacial score (nSPS) is 21.6. The van der Waals surface area contributed by atoms with Gasteiger partial charge in [0.15, 0.2) is 0 Å². The molecule has 5 nitrogen and oxygen atoms in total. The van der Waals surface area contributed by atoms with Crippen molar-refractivity contribution in [3.63, 3.8) is 0 Å². The van der Waals surface area contributed by atoms with Crippen LogP contribution in [0.2, 0.25) is 0 Å². The largest absolute Gasteiger partial charge is 0.477 e. The van der Waals surface area contributed by atoms with Crippen LogP contribution in [0.4, 0.5) is 0 Å². The molecule has 1 aromatic carbocycles. The number of aromatic nitrogens is 2. The minimum absolute atomic E-state index is 0.473. The van der Waals surface area contributed by atoms with Crippen LogP contribution in [0.5, 0.6) is 0 Å². The van der Waals surface area contributed by atoms with Gasteiger partial charge in [-0.15, -0.1) is 11.3 Å². The molecule has 176 valence electrons. The molecule has 2 aromatic heterocycles. The zero-order chi connectivity index (χ0) is 23.5. The van der Waals surface area contributed by atoms with Crippen LogP contribution in [-0.2, 0) is 6.54 Å². The number of carboxylic acid groups (broad SMARTS) is 1. The lowest BCUT2D eigenvalue weighted by molar-refractivity contribution is 0.0702. The standard InChI is InChI=1S/C28H31N3O2S/c1-19-7-9-21(10-8-19)25-17-31(16-20-14-29-18-30-15-20)12-11-23(25)24-13-26(34-27(24)28(32)33)22-5-3-2-4-6-22/h2-6,13-15,18-19,21H,7-12,16-17H2,1H3,(H,32,33). The van der Waals surface area contributed by atoms with E-state index in [2.05, 4.69) is 40.0 Å². The van der Waals surface area contributed by atoms with Gasteiger partial charge in [-0.2, -0.15) is 0 Å². The first-order chi connectivity index (χ1) is 16.6. The Balaban J connectivity index is 1.53. The number of benzene rings is 1. The fourth-order valence-electron chi connectivity index (χ4n) is 5.46. The maximum atomic E-state index is 12.3. The Hall–Kier alpha value is -2.83. The SMILES string of the molecule is CC1CCC(C2=C(c3cc(-c4ccccc4)sc3C(=O)O)CCN(Cc3cncnc3)C2)CC1. The smallest absolute Gasteiger partial charge is 0.346 e. The zero-order valence-electron chi connectivity index (χ0n) is 19.6. The summed E-state index contributed by atoms with van der Waals surface area (Å²) in [5.74, 6) is 0.486. The topological polar surface area (TPSA) is 66.3 Å². The summed E-state index contributed by atoms with van der Waals surface area (Å²) >= 11 is 1.40. The maximum Gasteiger partial charge on any atom is 0.346 e. The monoisotopic (exact) mass is 473 g/mol. The van der Waals surface area contributed by atoms with E-state index >= 15 is 0 Å². The van der Waals surface area contributed by atoms with Gasteiger partial charge in [-0.05, 0) is 53.9 Å². The van der Waals surface area contributed by atoms with Gasteiger partial charge in [0.1, 0.15) is 11.2 Å². The van der Waals surface area contributed by atoms with E-state index in [0.29, 0.717) is 10.8 Å². The number of carbonyl (C=O) groups is 1. The molecule has 3 heterocycles. The van der Waals surface area contributed by atoms with E-state index in [4.69, 9.17) is 0 Å². The molecule has 0 radical (unpaired) electrons. The lowest BCUT2D eigenvalue weighted by Crippen LogP contribution is -2.34. The van der Waals surface area contributed by atoms with Crippen LogP contribution in [0.3, 0.4) is 0 Å². The third-order valence-electron chi connectivity index (χ3n) is 7.30. The van der Waals surface area contributed by atoms with E-state index in [1.165, 1.54) is 48.2 Å². The van der Waals surface area contributed by atoms with Gasteiger partial charge in [0.2, 0.25) is 0 Å². The summed E-state index contributed by atoms with van der Waals surface area (Å²) in [6.07, 6.45) is 11.1.